The van der Waals surface area contributed by atoms with Crippen LogP contribution >= 0.6 is 15.9 Å². The van der Waals surface area contributed by atoms with Gasteiger partial charge in [-0.3, -0.25) is 9.78 Å². The van der Waals surface area contributed by atoms with Crippen LogP contribution in [0.25, 0.3) is 5.95 Å². The minimum atomic E-state index is -4.59. The monoisotopic (exact) mass is 441 g/mol. The lowest BCUT2D eigenvalue weighted by atomic mass is 10.2. The molecule has 0 bridgehead atoms. The maximum absolute atomic E-state index is 12.8. The van der Waals surface area contributed by atoms with Gasteiger partial charge >= 0.3 is 6.18 Å². The second-order valence-electron chi connectivity index (χ2n) is 5.35. The lowest BCUT2D eigenvalue weighted by molar-refractivity contribution is -0.137. The molecule has 0 fully saturated rings. The van der Waals surface area contributed by atoms with Gasteiger partial charge in [0.25, 0.3) is 11.9 Å². The largest absolute Gasteiger partial charge is 0.417 e. The molecule has 0 saturated carbocycles. The number of nitrogens with one attached hydrogen (secondary N) is 1. The van der Waals surface area contributed by atoms with Crippen molar-refractivity contribution in [2.24, 2.45) is 0 Å². The van der Waals surface area contributed by atoms with Crippen molar-refractivity contribution in [3.63, 3.8) is 0 Å². The number of pyridine rings is 1. The molecule has 1 atom stereocenters. The predicted molar refractivity (Wildman–Crippen MR) is 89.8 cm³/mol. The van der Waals surface area contributed by atoms with Gasteiger partial charge in [0, 0.05) is 24.8 Å². The van der Waals surface area contributed by atoms with Gasteiger partial charge in [-0.05, 0) is 35.0 Å². The van der Waals surface area contributed by atoms with Crippen molar-refractivity contribution in [3.05, 3.63) is 58.6 Å². The second-order valence-corrected chi connectivity index (χ2v) is 6.06. The van der Waals surface area contributed by atoms with Crippen LogP contribution in [0.15, 0.2) is 41.7 Å². The number of carbonyl (C=O) groups excluding carboxylic acids is 1. The zero-order valence-electron chi connectivity index (χ0n) is 13.6. The van der Waals surface area contributed by atoms with Gasteiger partial charge < -0.3 is 5.32 Å². The number of hydrogen-bond donors (Lipinski definition) is 1. The number of nitrogens with zero attached hydrogens (tertiary/aromatic N) is 6. The number of halogens is 4. The van der Waals surface area contributed by atoms with E-state index in [2.05, 4.69) is 46.3 Å². The van der Waals surface area contributed by atoms with Crippen molar-refractivity contribution >= 4 is 21.8 Å². The van der Waals surface area contributed by atoms with Gasteiger partial charge in [0.1, 0.15) is 0 Å². The van der Waals surface area contributed by atoms with Crippen molar-refractivity contribution in [1.82, 2.24) is 35.0 Å². The first-order valence-corrected chi connectivity index (χ1v) is 8.28. The maximum atomic E-state index is 12.8. The molecule has 0 aliphatic rings. The summed E-state index contributed by atoms with van der Waals surface area (Å²) in [6.07, 6.45) is 0.141. The fourth-order valence-electron chi connectivity index (χ4n) is 2.19. The SMILES string of the molecule is CC(NC(=O)c1cncc(C(F)(F)F)c1)c1nc(Br)nn1-c1ncccn1. The van der Waals surface area contributed by atoms with E-state index in [0.29, 0.717) is 12.0 Å². The molecular weight excluding hydrogens is 431 g/mol. The molecular formula is C15H11BrF3N7O. The molecule has 0 radical (unpaired) electrons. The van der Waals surface area contributed by atoms with E-state index in [4.69, 9.17) is 0 Å². The number of alkyl halides is 3. The summed E-state index contributed by atoms with van der Waals surface area (Å²) >= 11 is 3.14. The number of amides is 1. The molecule has 0 spiro atoms. The zero-order chi connectivity index (χ0) is 19.6. The Bertz CT molecular complexity index is 962. The molecule has 0 saturated heterocycles. The summed E-state index contributed by atoms with van der Waals surface area (Å²) in [4.78, 5) is 28.1. The molecule has 0 aromatic carbocycles. The van der Waals surface area contributed by atoms with Gasteiger partial charge in [0.15, 0.2) is 5.82 Å². The Hall–Kier alpha value is -2.89. The topological polar surface area (TPSA) is 98.5 Å². The van der Waals surface area contributed by atoms with E-state index in [9.17, 15) is 18.0 Å². The minimum Gasteiger partial charge on any atom is -0.342 e. The standard InChI is InChI=1S/C15H11BrF3N7O/c1-8(11-24-13(16)25-26(11)14-21-3-2-4-22-14)23-12(27)9-5-10(7-20-6-9)15(17,18)19/h2-8H,1H3,(H,23,27). The van der Waals surface area contributed by atoms with Gasteiger partial charge in [-0.25, -0.2) is 15.0 Å². The lowest BCUT2D eigenvalue weighted by Crippen LogP contribution is -2.29. The van der Waals surface area contributed by atoms with Gasteiger partial charge in [-0.1, -0.05) is 0 Å². The third-order valence-electron chi connectivity index (χ3n) is 3.41. The van der Waals surface area contributed by atoms with Crippen LogP contribution in [0.2, 0.25) is 0 Å². The van der Waals surface area contributed by atoms with Crippen LogP contribution in [0.1, 0.15) is 34.7 Å². The van der Waals surface area contributed by atoms with E-state index in [1.807, 2.05) is 0 Å². The first-order valence-electron chi connectivity index (χ1n) is 7.48. The summed E-state index contributed by atoms with van der Waals surface area (Å²) in [6.45, 7) is 1.61. The van der Waals surface area contributed by atoms with Crippen molar-refractivity contribution in [1.29, 1.82) is 0 Å². The Kier molecular flexibility index (Phi) is 5.17. The third kappa shape index (κ3) is 4.27. The van der Waals surface area contributed by atoms with Crippen molar-refractivity contribution in [2.45, 2.75) is 19.1 Å². The van der Waals surface area contributed by atoms with E-state index in [1.54, 1.807) is 13.0 Å². The van der Waals surface area contributed by atoms with Crippen LogP contribution in [-0.4, -0.2) is 35.6 Å². The highest BCUT2D eigenvalue weighted by Gasteiger charge is 2.31. The summed E-state index contributed by atoms with van der Waals surface area (Å²) in [6, 6.07) is 1.66. The summed E-state index contributed by atoms with van der Waals surface area (Å²) in [5, 5.41) is 6.68. The first-order chi connectivity index (χ1) is 12.8. The van der Waals surface area contributed by atoms with Gasteiger partial charge in [0.05, 0.1) is 17.2 Å². The fourth-order valence-corrected chi connectivity index (χ4v) is 2.53. The van der Waals surface area contributed by atoms with Crippen LogP contribution in [0.5, 0.6) is 0 Å². The summed E-state index contributed by atoms with van der Waals surface area (Å²) in [5.74, 6) is -0.213. The minimum absolute atomic E-state index is 0.224. The molecule has 0 aliphatic carbocycles. The summed E-state index contributed by atoms with van der Waals surface area (Å²) < 4.78 is 39.9. The normalized spacial score (nSPS) is 12.6. The number of hydrogen-bond acceptors (Lipinski definition) is 6. The maximum Gasteiger partial charge on any atom is 0.417 e. The van der Waals surface area contributed by atoms with E-state index in [0.717, 1.165) is 12.3 Å². The van der Waals surface area contributed by atoms with E-state index < -0.39 is 23.7 Å². The van der Waals surface area contributed by atoms with Gasteiger partial charge in [-0.15, -0.1) is 5.10 Å². The highest BCUT2D eigenvalue weighted by molar-refractivity contribution is 9.10. The van der Waals surface area contributed by atoms with Crippen LogP contribution in [-0.2, 0) is 6.18 Å². The summed E-state index contributed by atoms with van der Waals surface area (Å²) in [7, 11) is 0. The molecule has 140 valence electrons. The molecule has 3 heterocycles. The average molecular weight is 442 g/mol. The smallest absolute Gasteiger partial charge is 0.342 e. The molecule has 8 nitrogen and oxygen atoms in total. The molecule has 12 heteroatoms. The molecule has 1 amide bonds. The van der Waals surface area contributed by atoms with Crippen molar-refractivity contribution in [3.8, 4) is 5.95 Å². The molecule has 3 aromatic rings. The Morgan fingerprint density at radius 2 is 1.96 bits per heavy atom. The quantitative estimate of drug-likeness (QED) is 0.668. The van der Waals surface area contributed by atoms with Crippen LogP contribution < -0.4 is 5.32 Å². The number of rotatable bonds is 4. The average Bonchev–Trinajstić information content (AvgIpc) is 3.04. The number of aromatic nitrogens is 6. The molecule has 1 N–H and O–H groups in total. The Morgan fingerprint density at radius 3 is 2.63 bits per heavy atom. The first kappa shape index (κ1) is 18.9. The van der Waals surface area contributed by atoms with E-state index in [-0.39, 0.29) is 16.2 Å². The van der Waals surface area contributed by atoms with Crippen molar-refractivity contribution in [2.75, 3.05) is 0 Å². The predicted octanol–water partition coefficient (Wildman–Crippen LogP) is 2.72. The van der Waals surface area contributed by atoms with Crippen molar-refractivity contribution < 1.29 is 18.0 Å². The Balaban J connectivity index is 1.84. The Labute approximate surface area is 159 Å². The molecule has 1 unspecified atom stereocenters. The van der Waals surface area contributed by atoms with E-state index in [1.165, 1.54) is 17.1 Å². The zero-order valence-corrected chi connectivity index (χ0v) is 15.2. The molecule has 0 aliphatic heterocycles. The lowest BCUT2D eigenvalue weighted by Gasteiger charge is -2.14. The Morgan fingerprint density at radius 1 is 1.26 bits per heavy atom. The summed E-state index contributed by atoms with van der Waals surface area (Å²) in [5.41, 5.74) is -1.23. The fraction of sp³-hybridized carbons (Fsp3) is 0.200. The highest BCUT2D eigenvalue weighted by Crippen LogP contribution is 2.29. The van der Waals surface area contributed by atoms with E-state index >= 15 is 0 Å². The molecule has 3 rings (SSSR count). The van der Waals surface area contributed by atoms with Gasteiger partial charge in [-0.2, -0.15) is 17.9 Å². The van der Waals surface area contributed by atoms with Crippen LogP contribution in [0.4, 0.5) is 13.2 Å². The molecule has 27 heavy (non-hydrogen) atoms. The van der Waals surface area contributed by atoms with Gasteiger partial charge in [0.2, 0.25) is 4.73 Å². The van der Waals surface area contributed by atoms with Crippen LogP contribution in [0, 0.1) is 0 Å². The number of carbonyl (C=O) groups is 1. The highest BCUT2D eigenvalue weighted by atomic mass is 79.9. The van der Waals surface area contributed by atoms with Crippen LogP contribution in [0.3, 0.4) is 0 Å². The second kappa shape index (κ2) is 7.39. The molecule has 3 aromatic heterocycles. The third-order valence-corrected chi connectivity index (χ3v) is 3.75.